The Kier molecular flexibility index (Phi) is 5.40. The second kappa shape index (κ2) is 7.62. The number of rotatable bonds is 2. The van der Waals surface area contributed by atoms with Gasteiger partial charge in [-0.05, 0) is 82.0 Å². The second-order valence-corrected chi connectivity index (χ2v) is 7.93. The van der Waals surface area contributed by atoms with Crippen LogP contribution in [0, 0.1) is 12.7 Å². The molecule has 0 aromatic heterocycles. The minimum absolute atomic E-state index is 0.172. The highest BCUT2D eigenvalue weighted by molar-refractivity contribution is 6.00. The van der Waals surface area contributed by atoms with Crippen molar-refractivity contribution in [3.05, 3.63) is 64.5 Å². The quantitative estimate of drug-likeness (QED) is 0.795. The van der Waals surface area contributed by atoms with Crippen LogP contribution in [0.5, 0.6) is 5.75 Å². The van der Waals surface area contributed by atoms with Crippen molar-refractivity contribution < 1.29 is 18.7 Å². The number of benzene rings is 2. The van der Waals surface area contributed by atoms with Gasteiger partial charge in [0.05, 0.1) is 12.1 Å². The molecule has 28 heavy (non-hydrogen) atoms. The Morgan fingerprint density at radius 1 is 1.18 bits per heavy atom. The van der Waals surface area contributed by atoms with Crippen LogP contribution in [0.15, 0.2) is 36.4 Å². The number of fused-ring (bicyclic) bond motifs is 1. The van der Waals surface area contributed by atoms with E-state index < -0.39 is 17.3 Å². The molecule has 0 saturated carbocycles. The molecule has 2 aromatic carbocycles. The predicted molar refractivity (Wildman–Crippen MR) is 105 cm³/mol. The van der Waals surface area contributed by atoms with Crippen molar-refractivity contribution in [2.75, 3.05) is 6.61 Å². The summed E-state index contributed by atoms with van der Waals surface area (Å²) in [5.74, 6) is -0.551. The summed E-state index contributed by atoms with van der Waals surface area (Å²) in [5, 5.41) is 1.25. The Balaban J connectivity index is 1.90. The predicted octanol–water partition coefficient (Wildman–Crippen LogP) is 4.04. The molecule has 0 fully saturated rings. The summed E-state index contributed by atoms with van der Waals surface area (Å²) in [5.41, 5.74) is 4.55. The Morgan fingerprint density at radius 3 is 2.61 bits per heavy atom. The number of hydrazine groups is 1. The molecule has 0 spiro atoms. The van der Waals surface area contributed by atoms with E-state index in [9.17, 15) is 14.0 Å². The van der Waals surface area contributed by atoms with Crippen molar-refractivity contribution in [3.8, 4) is 5.75 Å². The third-order valence-electron chi connectivity index (χ3n) is 4.79. The smallest absolute Gasteiger partial charge is 0.272 e. The molecule has 0 radical (unpaired) electrons. The second-order valence-electron chi connectivity index (χ2n) is 7.93. The molecular formula is C22H25FN2O3. The van der Waals surface area contributed by atoms with E-state index in [-0.39, 0.29) is 11.5 Å². The lowest BCUT2D eigenvalue weighted by molar-refractivity contribution is 0.0358. The van der Waals surface area contributed by atoms with Crippen LogP contribution in [0.25, 0.3) is 0 Å². The van der Waals surface area contributed by atoms with E-state index in [4.69, 9.17) is 4.74 Å². The number of carbonyl (C=O) groups is 2. The fraction of sp³-hybridized carbons (Fsp3) is 0.364. The third kappa shape index (κ3) is 4.01. The average molecular weight is 384 g/mol. The van der Waals surface area contributed by atoms with Crippen molar-refractivity contribution in [2.45, 2.75) is 46.1 Å². The van der Waals surface area contributed by atoms with Crippen LogP contribution in [0.1, 0.15) is 59.0 Å². The van der Waals surface area contributed by atoms with E-state index in [0.29, 0.717) is 12.2 Å². The lowest BCUT2D eigenvalue weighted by atomic mass is 9.96. The van der Waals surface area contributed by atoms with Crippen molar-refractivity contribution >= 4 is 11.8 Å². The Bertz CT molecular complexity index is 918. The molecule has 3 rings (SSSR count). The maximum Gasteiger partial charge on any atom is 0.272 e. The van der Waals surface area contributed by atoms with Crippen molar-refractivity contribution in [1.29, 1.82) is 0 Å². The van der Waals surface area contributed by atoms with Gasteiger partial charge < -0.3 is 4.74 Å². The van der Waals surface area contributed by atoms with Gasteiger partial charge in [-0.1, -0.05) is 6.07 Å². The van der Waals surface area contributed by atoms with Gasteiger partial charge in [-0.2, -0.15) is 0 Å². The molecule has 5 nitrogen and oxygen atoms in total. The molecule has 0 aliphatic carbocycles. The molecule has 6 heteroatoms. The number of nitrogens with one attached hydrogen (secondary N) is 1. The minimum Gasteiger partial charge on any atom is -0.493 e. The molecule has 0 bridgehead atoms. The first-order chi connectivity index (χ1) is 13.2. The third-order valence-corrected chi connectivity index (χ3v) is 4.79. The van der Waals surface area contributed by atoms with Crippen LogP contribution < -0.4 is 10.2 Å². The lowest BCUT2D eigenvalue weighted by Crippen LogP contribution is -2.56. The number of halogens is 1. The first kappa shape index (κ1) is 19.9. The summed E-state index contributed by atoms with van der Waals surface area (Å²) in [6.07, 6.45) is 1.76. The molecule has 1 N–H and O–H groups in total. The van der Waals surface area contributed by atoms with Gasteiger partial charge in [-0.15, -0.1) is 0 Å². The zero-order valence-corrected chi connectivity index (χ0v) is 16.6. The summed E-state index contributed by atoms with van der Waals surface area (Å²) in [6, 6.07) is 8.94. The van der Waals surface area contributed by atoms with Gasteiger partial charge in [0.1, 0.15) is 11.6 Å². The summed E-state index contributed by atoms with van der Waals surface area (Å²) in [7, 11) is 0. The zero-order valence-electron chi connectivity index (χ0n) is 16.6. The Morgan fingerprint density at radius 2 is 1.93 bits per heavy atom. The lowest BCUT2D eigenvalue weighted by Gasteiger charge is -2.35. The molecule has 2 amide bonds. The number of hydrogen-bond acceptors (Lipinski definition) is 3. The van der Waals surface area contributed by atoms with E-state index in [2.05, 4.69) is 5.43 Å². The van der Waals surface area contributed by atoms with E-state index in [0.717, 1.165) is 35.8 Å². The SMILES string of the molecule is Cc1c(C(=O)NN(C(=O)c2cccc(F)c2)C(C)(C)C)ccc2c1CCCO2. The number of hydrogen-bond donors (Lipinski definition) is 1. The average Bonchev–Trinajstić information content (AvgIpc) is 2.65. The van der Waals surface area contributed by atoms with E-state index in [1.807, 2.05) is 6.92 Å². The monoisotopic (exact) mass is 384 g/mol. The number of ether oxygens (including phenoxy) is 1. The van der Waals surface area contributed by atoms with Crippen LogP contribution in [-0.4, -0.2) is 29.0 Å². The van der Waals surface area contributed by atoms with E-state index in [1.165, 1.54) is 23.2 Å². The van der Waals surface area contributed by atoms with Crippen LogP contribution in [-0.2, 0) is 6.42 Å². The molecule has 1 heterocycles. The largest absolute Gasteiger partial charge is 0.493 e. The molecule has 0 atom stereocenters. The standard InChI is InChI=1S/C22H25FN2O3/c1-14-17-9-6-12-28-19(17)11-10-18(14)20(26)24-25(22(2,3)4)21(27)15-7-5-8-16(23)13-15/h5,7-8,10-11,13H,6,9,12H2,1-4H3,(H,24,26). The van der Waals surface area contributed by atoms with Crippen LogP contribution >= 0.6 is 0 Å². The maximum atomic E-state index is 13.6. The molecule has 148 valence electrons. The molecule has 1 aliphatic heterocycles. The molecule has 0 unspecified atom stereocenters. The van der Waals surface area contributed by atoms with Crippen LogP contribution in [0.2, 0.25) is 0 Å². The minimum atomic E-state index is -0.704. The number of amides is 2. The zero-order chi connectivity index (χ0) is 20.5. The molecule has 2 aromatic rings. The van der Waals surface area contributed by atoms with Gasteiger partial charge in [0, 0.05) is 11.1 Å². The van der Waals surface area contributed by atoms with Gasteiger partial charge in [-0.3, -0.25) is 15.0 Å². The highest BCUT2D eigenvalue weighted by Gasteiger charge is 2.30. The summed E-state index contributed by atoms with van der Waals surface area (Å²) in [6.45, 7) is 7.98. The van der Waals surface area contributed by atoms with Crippen LogP contribution in [0.3, 0.4) is 0 Å². The fourth-order valence-electron chi connectivity index (χ4n) is 3.29. The molecule has 1 aliphatic rings. The van der Waals surface area contributed by atoms with Crippen LogP contribution in [0.4, 0.5) is 4.39 Å². The van der Waals surface area contributed by atoms with Gasteiger partial charge in [-0.25, -0.2) is 9.40 Å². The van der Waals surface area contributed by atoms with Gasteiger partial charge in [0.25, 0.3) is 11.8 Å². The van der Waals surface area contributed by atoms with Gasteiger partial charge >= 0.3 is 0 Å². The highest BCUT2D eigenvalue weighted by Crippen LogP contribution is 2.30. The van der Waals surface area contributed by atoms with Crippen molar-refractivity contribution in [2.24, 2.45) is 0 Å². The topological polar surface area (TPSA) is 58.6 Å². The summed E-state index contributed by atoms with van der Waals surface area (Å²) >= 11 is 0. The Hall–Kier alpha value is -2.89. The van der Waals surface area contributed by atoms with Gasteiger partial charge in [0.2, 0.25) is 0 Å². The van der Waals surface area contributed by atoms with E-state index in [1.54, 1.807) is 32.9 Å². The summed E-state index contributed by atoms with van der Waals surface area (Å²) < 4.78 is 19.2. The maximum absolute atomic E-state index is 13.6. The van der Waals surface area contributed by atoms with Crippen molar-refractivity contribution in [1.82, 2.24) is 10.4 Å². The van der Waals surface area contributed by atoms with E-state index >= 15 is 0 Å². The Labute approximate surface area is 164 Å². The fourth-order valence-corrected chi connectivity index (χ4v) is 3.29. The number of nitrogens with zero attached hydrogens (tertiary/aromatic N) is 1. The molecular weight excluding hydrogens is 359 g/mol. The highest BCUT2D eigenvalue weighted by atomic mass is 19.1. The first-order valence-corrected chi connectivity index (χ1v) is 9.35. The van der Waals surface area contributed by atoms with Crippen molar-refractivity contribution in [3.63, 3.8) is 0 Å². The first-order valence-electron chi connectivity index (χ1n) is 9.35. The molecule has 0 saturated heterocycles. The number of carbonyl (C=O) groups excluding carboxylic acids is 2. The van der Waals surface area contributed by atoms with Gasteiger partial charge in [0.15, 0.2) is 0 Å². The summed E-state index contributed by atoms with van der Waals surface area (Å²) in [4.78, 5) is 25.9. The normalized spacial score (nSPS) is 13.3.